The van der Waals surface area contributed by atoms with Crippen LogP contribution >= 0.6 is 0 Å². The molecule has 2 atom stereocenters. The summed E-state index contributed by atoms with van der Waals surface area (Å²) < 4.78 is 0. The highest BCUT2D eigenvalue weighted by Crippen LogP contribution is 2.32. The molecule has 0 bridgehead atoms. The maximum Gasteiger partial charge on any atom is 0.0224 e. The molecule has 2 saturated heterocycles. The molecule has 3 aliphatic rings. The number of hydrogen-bond acceptors (Lipinski definition) is 2. The quantitative estimate of drug-likeness (QED) is 0.682. The van der Waals surface area contributed by atoms with Crippen molar-refractivity contribution in [3.63, 3.8) is 0 Å². The Morgan fingerprint density at radius 2 is 1.93 bits per heavy atom. The van der Waals surface area contributed by atoms with E-state index in [-0.39, 0.29) is 0 Å². The van der Waals surface area contributed by atoms with Gasteiger partial charge in [0.15, 0.2) is 0 Å². The first-order valence-corrected chi connectivity index (χ1v) is 6.41. The van der Waals surface area contributed by atoms with Crippen molar-refractivity contribution in [1.82, 2.24) is 10.2 Å². The summed E-state index contributed by atoms with van der Waals surface area (Å²) in [6.45, 7) is 3.98. The highest BCUT2D eigenvalue weighted by Gasteiger charge is 2.35. The van der Waals surface area contributed by atoms with Gasteiger partial charge in [0.05, 0.1) is 0 Å². The highest BCUT2D eigenvalue weighted by atomic mass is 15.2. The van der Waals surface area contributed by atoms with Crippen LogP contribution in [-0.4, -0.2) is 36.6 Å². The van der Waals surface area contributed by atoms with Gasteiger partial charge in [-0.1, -0.05) is 12.8 Å². The van der Waals surface area contributed by atoms with Gasteiger partial charge in [0, 0.05) is 25.2 Å². The van der Waals surface area contributed by atoms with Crippen molar-refractivity contribution in [2.45, 2.75) is 50.6 Å². The summed E-state index contributed by atoms with van der Waals surface area (Å²) in [7, 11) is 0. The van der Waals surface area contributed by atoms with Gasteiger partial charge >= 0.3 is 0 Å². The fourth-order valence-corrected chi connectivity index (χ4v) is 3.29. The lowest BCUT2D eigenvalue weighted by molar-refractivity contribution is 0.0609. The molecule has 0 aromatic carbocycles. The van der Waals surface area contributed by atoms with E-state index < -0.39 is 0 Å². The van der Waals surface area contributed by atoms with E-state index in [0.29, 0.717) is 0 Å². The minimum Gasteiger partial charge on any atom is -0.311 e. The molecule has 3 rings (SSSR count). The van der Waals surface area contributed by atoms with Crippen LogP contribution in [0, 0.1) is 5.92 Å². The lowest BCUT2D eigenvalue weighted by Crippen LogP contribution is -2.60. The lowest BCUT2D eigenvalue weighted by Gasteiger charge is -2.47. The summed E-state index contributed by atoms with van der Waals surface area (Å²) in [6, 6.07) is 1.71. The predicted molar refractivity (Wildman–Crippen MR) is 58.3 cm³/mol. The van der Waals surface area contributed by atoms with Crippen LogP contribution in [0.25, 0.3) is 0 Å². The number of rotatable bonds is 1. The van der Waals surface area contributed by atoms with Gasteiger partial charge in [0.1, 0.15) is 0 Å². The molecule has 1 aliphatic carbocycles. The summed E-state index contributed by atoms with van der Waals surface area (Å²) in [5.74, 6) is 1.01. The Hall–Kier alpha value is -0.0800. The molecule has 2 heterocycles. The zero-order valence-electron chi connectivity index (χ0n) is 9.04. The SMILES string of the molecule is C1CC(C2CN3CCCCC3CN2)C1. The van der Waals surface area contributed by atoms with E-state index in [2.05, 4.69) is 10.2 Å². The molecule has 2 heteroatoms. The number of nitrogens with zero attached hydrogens (tertiary/aromatic N) is 1. The van der Waals surface area contributed by atoms with Gasteiger partial charge in [-0.2, -0.15) is 0 Å². The van der Waals surface area contributed by atoms with Crippen molar-refractivity contribution in [2.75, 3.05) is 19.6 Å². The molecule has 0 aromatic heterocycles. The van der Waals surface area contributed by atoms with Crippen molar-refractivity contribution in [3.8, 4) is 0 Å². The molecule has 3 fully saturated rings. The van der Waals surface area contributed by atoms with Crippen LogP contribution in [0.1, 0.15) is 38.5 Å². The molecule has 14 heavy (non-hydrogen) atoms. The predicted octanol–water partition coefficient (Wildman–Crippen LogP) is 1.61. The number of hydrogen-bond donors (Lipinski definition) is 1. The van der Waals surface area contributed by atoms with Crippen LogP contribution in [0.5, 0.6) is 0 Å². The van der Waals surface area contributed by atoms with Gasteiger partial charge in [-0.05, 0) is 38.1 Å². The highest BCUT2D eigenvalue weighted by molar-refractivity contribution is 4.93. The molecule has 0 spiro atoms. The van der Waals surface area contributed by atoms with E-state index in [1.165, 1.54) is 58.2 Å². The van der Waals surface area contributed by atoms with Gasteiger partial charge in [0.25, 0.3) is 0 Å². The second-order valence-corrected chi connectivity index (χ2v) is 5.35. The van der Waals surface area contributed by atoms with Crippen LogP contribution in [0.2, 0.25) is 0 Å². The first kappa shape index (κ1) is 9.17. The van der Waals surface area contributed by atoms with Crippen LogP contribution in [-0.2, 0) is 0 Å². The van der Waals surface area contributed by atoms with Crippen LogP contribution in [0.3, 0.4) is 0 Å². The summed E-state index contributed by atoms with van der Waals surface area (Å²) in [5, 5.41) is 3.78. The van der Waals surface area contributed by atoms with Gasteiger partial charge < -0.3 is 5.32 Å². The van der Waals surface area contributed by atoms with Gasteiger partial charge in [-0.25, -0.2) is 0 Å². The fourth-order valence-electron chi connectivity index (χ4n) is 3.29. The standard InChI is InChI=1S/C12H22N2/c1-2-7-14-9-12(10-4-3-5-10)13-8-11(14)6-1/h10-13H,1-9H2. The Labute approximate surface area is 87.0 Å². The molecule has 1 N–H and O–H groups in total. The summed E-state index contributed by atoms with van der Waals surface area (Å²) in [5.41, 5.74) is 0. The molecular formula is C12H22N2. The first-order chi connectivity index (χ1) is 6.93. The van der Waals surface area contributed by atoms with Gasteiger partial charge in [0.2, 0.25) is 0 Å². The first-order valence-electron chi connectivity index (χ1n) is 6.41. The average Bonchev–Trinajstić information content (AvgIpc) is 2.15. The third-order valence-corrected chi connectivity index (χ3v) is 4.51. The number of piperazine rings is 1. The molecule has 2 unspecified atom stereocenters. The number of piperidine rings is 1. The van der Waals surface area contributed by atoms with Gasteiger partial charge in [-0.3, -0.25) is 4.90 Å². The molecule has 2 aliphatic heterocycles. The smallest absolute Gasteiger partial charge is 0.0224 e. The lowest BCUT2D eigenvalue weighted by atomic mass is 9.78. The Bertz CT molecular complexity index is 200. The normalized spacial score (nSPS) is 40.3. The molecule has 0 aromatic rings. The van der Waals surface area contributed by atoms with E-state index >= 15 is 0 Å². The van der Waals surface area contributed by atoms with E-state index in [4.69, 9.17) is 0 Å². The van der Waals surface area contributed by atoms with Gasteiger partial charge in [-0.15, -0.1) is 0 Å². The minimum atomic E-state index is 0.832. The fraction of sp³-hybridized carbons (Fsp3) is 1.00. The Kier molecular flexibility index (Phi) is 2.50. The Morgan fingerprint density at radius 3 is 2.71 bits per heavy atom. The molecular weight excluding hydrogens is 172 g/mol. The molecule has 80 valence electrons. The van der Waals surface area contributed by atoms with Crippen molar-refractivity contribution < 1.29 is 0 Å². The average molecular weight is 194 g/mol. The monoisotopic (exact) mass is 194 g/mol. The second kappa shape index (κ2) is 3.82. The van der Waals surface area contributed by atoms with Crippen molar-refractivity contribution in [1.29, 1.82) is 0 Å². The Morgan fingerprint density at radius 1 is 1.00 bits per heavy atom. The third-order valence-electron chi connectivity index (χ3n) is 4.51. The van der Waals surface area contributed by atoms with E-state index in [9.17, 15) is 0 Å². The minimum absolute atomic E-state index is 0.832. The van der Waals surface area contributed by atoms with Crippen LogP contribution in [0.4, 0.5) is 0 Å². The molecule has 1 saturated carbocycles. The van der Waals surface area contributed by atoms with Crippen molar-refractivity contribution in [3.05, 3.63) is 0 Å². The second-order valence-electron chi connectivity index (χ2n) is 5.35. The summed E-state index contributed by atoms with van der Waals surface area (Å²) >= 11 is 0. The largest absolute Gasteiger partial charge is 0.311 e. The number of nitrogens with one attached hydrogen (secondary N) is 1. The zero-order chi connectivity index (χ0) is 9.38. The molecule has 0 amide bonds. The van der Waals surface area contributed by atoms with Crippen molar-refractivity contribution in [2.24, 2.45) is 5.92 Å². The van der Waals surface area contributed by atoms with Crippen molar-refractivity contribution >= 4 is 0 Å². The summed E-state index contributed by atoms with van der Waals surface area (Å²) in [4.78, 5) is 2.75. The van der Waals surface area contributed by atoms with Crippen LogP contribution in [0.15, 0.2) is 0 Å². The van der Waals surface area contributed by atoms with Crippen LogP contribution < -0.4 is 5.32 Å². The summed E-state index contributed by atoms with van der Waals surface area (Å²) in [6.07, 6.45) is 8.77. The third kappa shape index (κ3) is 1.59. The van der Waals surface area contributed by atoms with E-state index in [0.717, 1.165) is 18.0 Å². The Balaban J connectivity index is 1.59. The topological polar surface area (TPSA) is 15.3 Å². The van der Waals surface area contributed by atoms with E-state index in [1.807, 2.05) is 0 Å². The zero-order valence-corrected chi connectivity index (χ0v) is 9.04. The maximum absolute atomic E-state index is 3.78. The maximum atomic E-state index is 3.78. The number of fused-ring (bicyclic) bond motifs is 1. The molecule has 2 nitrogen and oxygen atoms in total. The molecule has 0 radical (unpaired) electrons. The van der Waals surface area contributed by atoms with E-state index in [1.54, 1.807) is 0 Å².